The fourth-order valence-corrected chi connectivity index (χ4v) is 4.05. The highest BCUT2D eigenvalue weighted by Gasteiger charge is 2.36. The summed E-state index contributed by atoms with van der Waals surface area (Å²) in [5, 5.41) is 0. The van der Waals surface area contributed by atoms with Crippen molar-refractivity contribution in [2.75, 3.05) is 6.54 Å². The van der Waals surface area contributed by atoms with Crippen LogP contribution in [0.1, 0.15) is 32.2 Å². The van der Waals surface area contributed by atoms with Crippen molar-refractivity contribution in [3.05, 3.63) is 83.6 Å². The smallest absolute Gasteiger partial charge is 0.280 e. The number of amides is 2. The molecule has 0 atom stereocenters. The number of hydrogen-bond donors (Lipinski definition) is 1. The van der Waals surface area contributed by atoms with E-state index in [4.69, 9.17) is 4.42 Å². The van der Waals surface area contributed by atoms with Gasteiger partial charge in [-0.25, -0.2) is 13.1 Å². The van der Waals surface area contributed by atoms with Crippen molar-refractivity contribution in [3.63, 3.8) is 0 Å². The standard InChI is InChI=1S/C20H17N3O5S/c24-19-17-4-1-10-21-18(17)20(25)23(19)11-9-14-5-7-16(8-6-14)29(26,27)22-13-15-3-2-12-28-15/h1-8,10,12,22H,9,11,13H2. The molecule has 0 bridgehead atoms. The number of carbonyl (C=O) groups excluding carboxylic acids is 2. The van der Waals surface area contributed by atoms with E-state index < -0.39 is 15.9 Å². The number of nitrogens with zero attached hydrogens (tertiary/aromatic N) is 2. The lowest BCUT2D eigenvalue weighted by atomic mass is 10.1. The minimum atomic E-state index is -3.67. The first-order valence-electron chi connectivity index (χ1n) is 8.88. The Morgan fingerprint density at radius 3 is 2.48 bits per heavy atom. The van der Waals surface area contributed by atoms with Gasteiger partial charge in [0.05, 0.1) is 23.3 Å². The third-order valence-electron chi connectivity index (χ3n) is 4.61. The number of benzene rings is 1. The Balaban J connectivity index is 1.39. The van der Waals surface area contributed by atoms with Gasteiger partial charge in [0.15, 0.2) is 0 Å². The molecule has 1 aromatic carbocycles. The van der Waals surface area contributed by atoms with Gasteiger partial charge in [-0.2, -0.15) is 0 Å². The van der Waals surface area contributed by atoms with E-state index in [1.165, 1.54) is 24.6 Å². The molecular weight excluding hydrogens is 394 g/mol. The van der Waals surface area contributed by atoms with Crippen LogP contribution in [0, 0.1) is 0 Å². The average molecular weight is 411 g/mol. The number of imide groups is 1. The van der Waals surface area contributed by atoms with Gasteiger partial charge >= 0.3 is 0 Å². The Hall–Kier alpha value is -3.30. The molecule has 0 unspecified atom stereocenters. The van der Waals surface area contributed by atoms with Gasteiger partial charge in [-0.05, 0) is 48.4 Å². The largest absolute Gasteiger partial charge is 0.468 e. The van der Waals surface area contributed by atoms with Gasteiger partial charge in [0.1, 0.15) is 11.5 Å². The molecular formula is C20H17N3O5S. The van der Waals surface area contributed by atoms with Gasteiger partial charge in [-0.15, -0.1) is 0 Å². The monoisotopic (exact) mass is 411 g/mol. The summed E-state index contributed by atoms with van der Waals surface area (Å²) in [4.78, 5) is 29.9. The number of fused-ring (bicyclic) bond motifs is 1. The van der Waals surface area contributed by atoms with Gasteiger partial charge in [-0.1, -0.05) is 12.1 Å². The number of rotatable bonds is 7. The molecule has 0 radical (unpaired) electrons. The number of sulfonamides is 1. The molecule has 0 aliphatic carbocycles. The minimum Gasteiger partial charge on any atom is -0.468 e. The Labute approximate surface area is 167 Å². The van der Waals surface area contributed by atoms with Crippen molar-refractivity contribution in [2.24, 2.45) is 0 Å². The van der Waals surface area contributed by atoms with E-state index >= 15 is 0 Å². The summed E-state index contributed by atoms with van der Waals surface area (Å²) in [6.45, 7) is 0.252. The van der Waals surface area contributed by atoms with E-state index in [-0.39, 0.29) is 29.6 Å². The fourth-order valence-electron chi connectivity index (χ4n) is 3.06. The molecule has 4 rings (SSSR count). The molecule has 0 fully saturated rings. The molecule has 3 aromatic rings. The maximum atomic E-state index is 12.4. The molecule has 3 heterocycles. The molecule has 2 amide bonds. The molecule has 0 spiro atoms. The maximum Gasteiger partial charge on any atom is 0.280 e. The van der Waals surface area contributed by atoms with Gasteiger partial charge in [0.2, 0.25) is 10.0 Å². The minimum absolute atomic E-state index is 0.0604. The predicted molar refractivity (Wildman–Crippen MR) is 102 cm³/mol. The maximum absolute atomic E-state index is 12.4. The highest BCUT2D eigenvalue weighted by atomic mass is 32.2. The Bertz CT molecular complexity index is 1120. The van der Waals surface area contributed by atoms with Crippen molar-refractivity contribution >= 4 is 21.8 Å². The van der Waals surface area contributed by atoms with E-state index in [0.29, 0.717) is 17.7 Å². The van der Waals surface area contributed by atoms with Crippen molar-refractivity contribution in [2.45, 2.75) is 17.9 Å². The van der Waals surface area contributed by atoms with Crippen LogP contribution in [0.2, 0.25) is 0 Å². The molecule has 0 saturated heterocycles. The normalized spacial score (nSPS) is 13.7. The Kier molecular flexibility index (Phi) is 4.99. The summed E-state index contributed by atoms with van der Waals surface area (Å²) in [5.41, 5.74) is 1.28. The van der Waals surface area contributed by atoms with Crippen molar-refractivity contribution < 1.29 is 22.4 Å². The molecule has 0 saturated carbocycles. The first-order valence-corrected chi connectivity index (χ1v) is 10.4. The van der Waals surface area contributed by atoms with Crippen LogP contribution < -0.4 is 4.72 Å². The third-order valence-corrected chi connectivity index (χ3v) is 6.02. The lowest BCUT2D eigenvalue weighted by Gasteiger charge is -2.13. The van der Waals surface area contributed by atoms with Crippen LogP contribution in [0.3, 0.4) is 0 Å². The molecule has 1 aliphatic rings. The summed E-state index contributed by atoms with van der Waals surface area (Å²) in [6.07, 6.45) is 3.36. The number of hydrogen-bond acceptors (Lipinski definition) is 6. The van der Waals surface area contributed by atoms with Crippen LogP contribution >= 0.6 is 0 Å². The summed E-state index contributed by atoms with van der Waals surface area (Å²) < 4.78 is 32.3. The van der Waals surface area contributed by atoms with Gasteiger partial charge in [0.25, 0.3) is 11.8 Å². The first kappa shape index (κ1) is 19.0. The summed E-state index contributed by atoms with van der Waals surface area (Å²) >= 11 is 0. The van der Waals surface area contributed by atoms with Crippen molar-refractivity contribution in [3.8, 4) is 0 Å². The van der Waals surface area contributed by atoms with Gasteiger partial charge in [-0.3, -0.25) is 19.5 Å². The molecule has 1 N–H and O–H groups in total. The topological polar surface area (TPSA) is 110 Å². The number of aromatic nitrogens is 1. The Morgan fingerprint density at radius 2 is 1.79 bits per heavy atom. The zero-order valence-corrected chi connectivity index (χ0v) is 16.1. The lowest BCUT2D eigenvalue weighted by molar-refractivity contribution is 0.0654. The highest BCUT2D eigenvalue weighted by molar-refractivity contribution is 7.89. The van der Waals surface area contributed by atoms with Crippen LogP contribution in [0.15, 0.2) is 70.3 Å². The molecule has 8 nitrogen and oxygen atoms in total. The van der Waals surface area contributed by atoms with Crippen molar-refractivity contribution in [1.82, 2.24) is 14.6 Å². The number of pyridine rings is 1. The van der Waals surface area contributed by atoms with Crippen LogP contribution in [0.4, 0.5) is 0 Å². The van der Waals surface area contributed by atoms with Gasteiger partial charge in [0, 0.05) is 12.7 Å². The molecule has 29 heavy (non-hydrogen) atoms. The van der Waals surface area contributed by atoms with Gasteiger partial charge < -0.3 is 4.42 Å². The number of nitrogens with one attached hydrogen (secondary N) is 1. The summed E-state index contributed by atoms with van der Waals surface area (Å²) in [5.74, 6) is -0.257. The second kappa shape index (κ2) is 7.61. The van der Waals surface area contributed by atoms with Crippen LogP contribution in [-0.2, 0) is 23.0 Å². The second-order valence-electron chi connectivity index (χ2n) is 6.46. The molecule has 2 aromatic heterocycles. The van der Waals surface area contributed by atoms with Crippen LogP contribution in [0.25, 0.3) is 0 Å². The van der Waals surface area contributed by atoms with E-state index in [1.807, 2.05) is 0 Å². The second-order valence-corrected chi connectivity index (χ2v) is 8.23. The quantitative estimate of drug-likeness (QED) is 0.596. The van der Waals surface area contributed by atoms with E-state index in [9.17, 15) is 18.0 Å². The zero-order valence-electron chi connectivity index (χ0n) is 15.2. The number of furan rings is 1. The highest BCUT2D eigenvalue weighted by Crippen LogP contribution is 2.21. The van der Waals surface area contributed by atoms with E-state index in [2.05, 4.69) is 9.71 Å². The van der Waals surface area contributed by atoms with Crippen LogP contribution in [-0.4, -0.2) is 36.7 Å². The third kappa shape index (κ3) is 3.82. The SMILES string of the molecule is O=C1c2cccnc2C(=O)N1CCc1ccc(S(=O)(=O)NCc2ccco2)cc1. The van der Waals surface area contributed by atoms with Crippen molar-refractivity contribution in [1.29, 1.82) is 0 Å². The van der Waals surface area contributed by atoms with E-state index in [1.54, 1.807) is 36.4 Å². The van der Waals surface area contributed by atoms with Crippen LogP contribution in [0.5, 0.6) is 0 Å². The first-order chi connectivity index (χ1) is 14.0. The predicted octanol–water partition coefficient (Wildman–Crippen LogP) is 1.99. The zero-order chi connectivity index (χ0) is 20.4. The number of carbonyl (C=O) groups is 2. The molecule has 148 valence electrons. The Morgan fingerprint density at radius 1 is 1.00 bits per heavy atom. The summed E-state index contributed by atoms with van der Waals surface area (Å²) in [7, 11) is -3.67. The lowest BCUT2D eigenvalue weighted by Crippen LogP contribution is -2.31. The van der Waals surface area contributed by atoms with E-state index in [0.717, 1.165) is 10.5 Å². The molecule has 9 heteroatoms. The molecule has 1 aliphatic heterocycles. The summed E-state index contributed by atoms with van der Waals surface area (Å²) in [6, 6.07) is 12.9. The average Bonchev–Trinajstić information content (AvgIpc) is 3.33. The fraction of sp³-hybridized carbons (Fsp3) is 0.150.